The summed E-state index contributed by atoms with van der Waals surface area (Å²) in [5.74, 6) is -1.05. The lowest BCUT2D eigenvalue weighted by Crippen LogP contribution is -2.67. The molecule has 0 bridgehead atoms. The van der Waals surface area contributed by atoms with Crippen LogP contribution in [0.25, 0.3) is 0 Å². The Kier molecular flexibility index (Phi) is 14.3. The first-order valence-electron chi connectivity index (χ1n) is 19.8. The topological polar surface area (TPSA) is 117 Å². The van der Waals surface area contributed by atoms with E-state index >= 15 is 0 Å². The number of amides is 3. The zero-order valence-electron chi connectivity index (χ0n) is 34.6. The van der Waals surface area contributed by atoms with Gasteiger partial charge in [0.15, 0.2) is 0 Å². The van der Waals surface area contributed by atoms with Crippen molar-refractivity contribution in [2.24, 2.45) is 0 Å². The van der Waals surface area contributed by atoms with Gasteiger partial charge in [-0.3, -0.25) is 9.69 Å². The first kappa shape index (κ1) is 43.4. The molecule has 3 N–H and O–H groups in total. The summed E-state index contributed by atoms with van der Waals surface area (Å²) in [6.45, 7) is 12.3. The van der Waals surface area contributed by atoms with Gasteiger partial charge in [0, 0.05) is 18.7 Å². The Morgan fingerprint density at radius 3 is 1.62 bits per heavy atom. The molecule has 0 heterocycles. The van der Waals surface area contributed by atoms with E-state index in [2.05, 4.69) is 55.7 Å². The van der Waals surface area contributed by atoms with Gasteiger partial charge in [-0.2, -0.15) is 0 Å². The van der Waals surface area contributed by atoms with Crippen molar-refractivity contribution in [3.63, 3.8) is 0 Å². The van der Waals surface area contributed by atoms with Crippen LogP contribution in [-0.2, 0) is 20.4 Å². The summed E-state index contributed by atoms with van der Waals surface area (Å²) in [7, 11) is -1.53. The molecule has 0 saturated heterocycles. The average Bonchev–Trinajstić information content (AvgIpc) is 3.19. The van der Waals surface area contributed by atoms with Crippen molar-refractivity contribution in [3.05, 3.63) is 162 Å². The Hall–Kier alpha value is -5.71. The molecule has 304 valence electrons. The Balaban J connectivity index is 1.46. The van der Waals surface area contributed by atoms with Gasteiger partial charge in [-0.1, -0.05) is 160 Å². The van der Waals surface area contributed by atoms with Crippen LogP contribution in [0.15, 0.2) is 146 Å². The lowest BCUT2D eigenvalue weighted by molar-refractivity contribution is -0.120. The summed E-state index contributed by atoms with van der Waals surface area (Å²) in [6.07, 6.45) is -0.847. The first-order chi connectivity index (χ1) is 27.6. The van der Waals surface area contributed by atoms with Crippen LogP contribution < -0.4 is 21.0 Å². The van der Waals surface area contributed by atoms with Gasteiger partial charge in [0.25, 0.3) is 8.32 Å². The minimum Gasteiger partial charge on any atom is -0.465 e. The van der Waals surface area contributed by atoms with Crippen molar-refractivity contribution in [1.29, 1.82) is 0 Å². The summed E-state index contributed by atoms with van der Waals surface area (Å²) in [5.41, 5.74) is 2.30. The van der Waals surface area contributed by atoms with E-state index < -0.39 is 50.0 Å². The summed E-state index contributed by atoms with van der Waals surface area (Å²) >= 11 is 0. The second-order valence-corrected chi connectivity index (χ2v) is 20.9. The normalized spacial score (nSPS) is 13.0. The van der Waals surface area contributed by atoms with E-state index in [1.165, 1.54) is 7.05 Å². The molecule has 10 heteroatoms. The SMILES string of the molecule is CN(C(=O)O)[C@H](C(=O)Nc1ccccc1CC[C@@H](CO[Si](c1ccccc1)(c1ccccc1)C(C)(C)C)NC(=O)OC(C)(C)C)C(c1ccccc1)c1ccccc1. The number of likely N-dealkylation sites (N-methyl/N-ethyl adjacent to an activating group) is 1. The number of hydrogen-bond acceptors (Lipinski definition) is 5. The van der Waals surface area contributed by atoms with E-state index in [1.807, 2.05) is 142 Å². The molecule has 9 nitrogen and oxygen atoms in total. The number of carbonyl (C=O) groups excluding carboxylic acids is 2. The Morgan fingerprint density at radius 2 is 1.16 bits per heavy atom. The largest absolute Gasteiger partial charge is 0.465 e. The number of nitrogens with one attached hydrogen (secondary N) is 2. The molecule has 5 rings (SSSR count). The Labute approximate surface area is 344 Å². The van der Waals surface area contributed by atoms with Gasteiger partial charge in [0.05, 0.1) is 12.6 Å². The molecular weight excluding hydrogens is 743 g/mol. The van der Waals surface area contributed by atoms with Crippen LogP contribution in [0.1, 0.15) is 70.6 Å². The number of benzene rings is 5. The minimum absolute atomic E-state index is 0.211. The molecule has 0 aliphatic rings. The number of ether oxygens (including phenoxy) is 1. The number of carboxylic acid groups (broad SMARTS) is 1. The van der Waals surface area contributed by atoms with E-state index in [0.29, 0.717) is 18.5 Å². The molecule has 0 radical (unpaired) electrons. The second-order valence-electron chi connectivity index (χ2n) is 16.6. The van der Waals surface area contributed by atoms with E-state index in [1.54, 1.807) is 0 Å². The minimum atomic E-state index is -2.95. The summed E-state index contributed by atoms with van der Waals surface area (Å²) in [6, 6.07) is 45.6. The molecule has 0 spiro atoms. The molecule has 5 aromatic carbocycles. The van der Waals surface area contributed by atoms with E-state index in [9.17, 15) is 19.5 Å². The van der Waals surface area contributed by atoms with Crippen molar-refractivity contribution >= 4 is 42.5 Å². The van der Waals surface area contributed by atoms with Crippen molar-refractivity contribution in [3.8, 4) is 0 Å². The third-order valence-corrected chi connectivity index (χ3v) is 15.3. The monoisotopic (exact) mass is 799 g/mol. The number of para-hydroxylation sites is 1. The van der Waals surface area contributed by atoms with Crippen molar-refractivity contribution in [1.82, 2.24) is 10.2 Å². The number of rotatable bonds is 15. The highest BCUT2D eigenvalue weighted by atomic mass is 28.4. The Morgan fingerprint density at radius 1 is 0.690 bits per heavy atom. The van der Waals surface area contributed by atoms with Crippen molar-refractivity contribution in [2.75, 3.05) is 19.0 Å². The van der Waals surface area contributed by atoms with Gasteiger partial charge >= 0.3 is 12.2 Å². The number of anilines is 1. The molecule has 0 unspecified atom stereocenters. The van der Waals surface area contributed by atoms with Crippen LogP contribution in [0.5, 0.6) is 0 Å². The highest BCUT2D eigenvalue weighted by molar-refractivity contribution is 6.99. The standard InChI is InChI=1S/C48H57N3O6Si/c1-47(2,3)57-45(53)49-38(34-56-58(48(4,5)6,39-27-16-10-17-28-39)40-29-18-11-19-30-40)33-32-35-22-20-21-31-41(35)50-44(52)43(51(7)46(54)55)42(36-23-12-8-13-24-36)37-25-14-9-15-26-37/h8-31,38,42-43H,32-34H2,1-7H3,(H,49,53)(H,50,52)(H,54,55)/t38-,43-/m0/s1. The lowest BCUT2D eigenvalue weighted by Gasteiger charge is -2.43. The second kappa shape index (κ2) is 19.2. The Bertz CT molecular complexity index is 2010. The van der Waals surface area contributed by atoms with Gasteiger partial charge in [-0.05, 0) is 71.8 Å². The smallest absolute Gasteiger partial charge is 0.407 e. The van der Waals surface area contributed by atoms with Gasteiger partial charge in [0.2, 0.25) is 5.91 Å². The van der Waals surface area contributed by atoms with Crippen LogP contribution in [-0.4, -0.2) is 67.8 Å². The molecule has 0 aromatic heterocycles. The molecule has 58 heavy (non-hydrogen) atoms. The van der Waals surface area contributed by atoms with Crippen LogP contribution in [0.3, 0.4) is 0 Å². The quantitative estimate of drug-likeness (QED) is 0.0912. The molecular formula is C48H57N3O6Si. The molecule has 5 aromatic rings. The zero-order chi connectivity index (χ0) is 41.9. The molecule has 0 aliphatic carbocycles. The highest BCUT2D eigenvalue weighted by Crippen LogP contribution is 2.37. The number of aryl methyl sites for hydroxylation is 1. The fourth-order valence-electron chi connectivity index (χ4n) is 7.60. The number of nitrogens with zero attached hydrogens (tertiary/aromatic N) is 1. The van der Waals surface area contributed by atoms with Crippen LogP contribution >= 0.6 is 0 Å². The number of alkyl carbamates (subject to hydrolysis) is 1. The predicted octanol–water partition coefficient (Wildman–Crippen LogP) is 8.84. The number of hydrogen-bond donors (Lipinski definition) is 3. The fraction of sp³-hybridized carbons (Fsp3) is 0.312. The third kappa shape index (κ3) is 10.8. The van der Waals surface area contributed by atoms with E-state index in [0.717, 1.165) is 32.0 Å². The highest BCUT2D eigenvalue weighted by Gasteiger charge is 2.50. The van der Waals surface area contributed by atoms with Crippen LogP contribution in [0.4, 0.5) is 15.3 Å². The van der Waals surface area contributed by atoms with Gasteiger partial charge in [-0.15, -0.1) is 0 Å². The van der Waals surface area contributed by atoms with E-state index in [4.69, 9.17) is 9.16 Å². The van der Waals surface area contributed by atoms with E-state index in [-0.39, 0.29) is 11.6 Å². The van der Waals surface area contributed by atoms with Gasteiger partial charge < -0.3 is 24.9 Å². The van der Waals surface area contributed by atoms with Gasteiger partial charge in [-0.25, -0.2) is 9.59 Å². The predicted molar refractivity (Wildman–Crippen MR) is 234 cm³/mol. The third-order valence-electron chi connectivity index (χ3n) is 10.3. The molecule has 0 saturated carbocycles. The van der Waals surface area contributed by atoms with Crippen LogP contribution in [0.2, 0.25) is 5.04 Å². The molecule has 0 aliphatic heterocycles. The summed E-state index contributed by atoms with van der Waals surface area (Å²) in [4.78, 5) is 41.5. The average molecular weight is 800 g/mol. The van der Waals surface area contributed by atoms with Crippen LogP contribution in [0, 0.1) is 0 Å². The fourth-order valence-corrected chi connectivity index (χ4v) is 12.2. The first-order valence-corrected chi connectivity index (χ1v) is 21.7. The maximum Gasteiger partial charge on any atom is 0.407 e. The summed E-state index contributed by atoms with van der Waals surface area (Å²) in [5, 5.41) is 18.4. The van der Waals surface area contributed by atoms with Crippen molar-refractivity contribution < 1.29 is 28.7 Å². The lowest BCUT2D eigenvalue weighted by atomic mass is 9.84. The summed E-state index contributed by atoms with van der Waals surface area (Å²) < 4.78 is 13.0. The van der Waals surface area contributed by atoms with Crippen molar-refractivity contribution in [2.45, 2.75) is 83.0 Å². The zero-order valence-corrected chi connectivity index (χ0v) is 35.6. The van der Waals surface area contributed by atoms with Gasteiger partial charge in [0.1, 0.15) is 11.6 Å². The maximum atomic E-state index is 14.5. The molecule has 0 fully saturated rings. The number of carbonyl (C=O) groups is 3. The molecule has 3 amide bonds. The maximum absolute atomic E-state index is 14.5. The molecule has 2 atom stereocenters.